The standard InChI is InChI=1S/C25H19Cl2N5O/c1-15-6-8-16(9-7-15)21-14-22(19-4-2-3-5-20(19)27)32-25(28-21)30-24(31-32)29-23(33)17-10-12-18(26)13-11-17/h2-14,22H,1H3,(H2,28,29,30,31,33)/t22-/m0/s1. The number of aromatic nitrogens is 3. The summed E-state index contributed by atoms with van der Waals surface area (Å²) in [5, 5.41) is 11.8. The van der Waals surface area contributed by atoms with Crippen molar-refractivity contribution >= 4 is 46.7 Å². The third-order valence-electron chi connectivity index (χ3n) is 5.38. The first kappa shape index (κ1) is 21.2. The van der Waals surface area contributed by atoms with Crippen LogP contribution >= 0.6 is 23.2 Å². The maximum absolute atomic E-state index is 12.7. The minimum absolute atomic E-state index is 0.188. The first-order valence-electron chi connectivity index (χ1n) is 10.3. The molecule has 0 bridgehead atoms. The normalized spacial score (nSPS) is 14.8. The molecule has 0 aliphatic carbocycles. The zero-order chi connectivity index (χ0) is 22.9. The van der Waals surface area contributed by atoms with E-state index < -0.39 is 0 Å². The minimum atomic E-state index is -0.323. The highest BCUT2D eigenvalue weighted by Crippen LogP contribution is 2.36. The van der Waals surface area contributed by atoms with E-state index >= 15 is 0 Å². The number of anilines is 2. The van der Waals surface area contributed by atoms with Crippen LogP contribution in [0.25, 0.3) is 5.70 Å². The van der Waals surface area contributed by atoms with Gasteiger partial charge in [0.05, 0.1) is 0 Å². The molecule has 2 heterocycles. The van der Waals surface area contributed by atoms with Gasteiger partial charge in [0.15, 0.2) is 0 Å². The Morgan fingerprint density at radius 2 is 1.73 bits per heavy atom. The van der Waals surface area contributed by atoms with E-state index in [0.717, 1.165) is 16.8 Å². The van der Waals surface area contributed by atoms with E-state index in [0.29, 0.717) is 21.6 Å². The summed E-state index contributed by atoms with van der Waals surface area (Å²) >= 11 is 12.5. The molecule has 1 aromatic heterocycles. The van der Waals surface area contributed by atoms with Gasteiger partial charge in [-0.1, -0.05) is 71.2 Å². The second kappa shape index (κ2) is 8.73. The molecule has 0 radical (unpaired) electrons. The molecule has 4 aromatic rings. The number of nitrogens with one attached hydrogen (secondary N) is 2. The van der Waals surface area contributed by atoms with Crippen molar-refractivity contribution in [2.75, 3.05) is 10.6 Å². The molecule has 3 aromatic carbocycles. The largest absolute Gasteiger partial charge is 0.324 e. The molecule has 1 amide bonds. The molecule has 0 saturated heterocycles. The van der Waals surface area contributed by atoms with Crippen LogP contribution in [0.2, 0.25) is 10.0 Å². The Bertz CT molecular complexity index is 1360. The van der Waals surface area contributed by atoms with Crippen LogP contribution in [0, 0.1) is 6.92 Å². The zero-order valence-electron chi connectivity index (χ0n) is 17.6. The Morgan fingerprint density at radius 1 is 1.00 bits per heavy atom. The molecule has 0 fully saturated rings. The quantitative estimate of drug-likeness (QED) is 0.368. The van der Waals surface area contributed by atoms with E-state index in [1.165, 1.54) is 5.56 Å². The first-order valence-corrected chi connectivity index (χ1v) is 11.1. The average Bonchev–Trinajstić information content (AvgIpc) is 3.22. The van der Waals surface area contributed by atoms with E-state index in [-0.39, 0.29) is 17.9 Å². The topological polar surface area (TPSA) is 71.8 Å². The number of halogens is 2. The average molecular weight is 476 g/mol. The molecular weight excluding hydrogens is 457 g/mol. The molecule has 33 heavy (non-hydrogen) atoms. The third kappa shape index (κ3) is 4.35. The molecular formula is C25H19Cl2N5O. The lowest BCUT2D eigenvalue weighted by Crippen LogP contribution is -2.20. The molecule has 1 aliphatic heterocycles. The van der Waals surface area contributed by atoms with Crippen molar-refractivity contribution in [2.45, 2.75) is 13.0 Å². The fraction of sp³-hybridized carbons (Fsp3) is 0.0800. The van der Waals surface area contributed by atoms with Gasteiger partial charge in [0.1, 0.15) is 6.04 Å². The lowest BCUT2D eigenvalue weighted by molar-refractivity contribution is 0.102. The Balaban J connectivity index is 1.52. The molecule has 2 N–H and O–H groups in total. The summed E-state index contributed by atoms with van der Waals surface area (Å²) in [6.45, 7) is 2.05. The first-order chi connectivity index (χ1) is 16.0. The summed E-state index contributed by atoms with van der Waals surface area (Å²) < 4.78 is 1.72. The fourth-order valence-electron chi connectivity index (χ4n) is 3.66. The number of nitrogens with zero attached hydrogens (tertiary/aromatic N) is 3. The van der Waals surface area contributed by atoms with Crippen LogP contribution in [0.1, 0.15) is 33.1 Å². The van der Waals surface area contributed by atoms with Crippen LogP contribution in [0.3, 0.4) is 0 Å². The maximum Gasteiger partial charge on any atom is 0.258 e. The molecule has 8 heteroatoms. The summed E-state index contributed by atoms with van der Waals surface area (Å²) in [7, 11) is 0. The Hall–Kier alpha value is -3.61. The van der Waals surface area contributed by atoms with E-state index in [1.54, 1.807) is 28.9 Å². The summed E-state index contributed by atoms with van der Waals surface area (Å²) in [6, 6.07) is 22.1. The van der Waals surface area contributed by atoms with E-state index in [9.17, 15) is 4.79 Å². The van der Waals surface area contributed by atoms with Gasteiger partial charge in [0.2, 0.25) is 5.95 Å². The number of hydrogen-bond donors (Lipinski definition) is 2. The van der Waals surface area contributed by atoms with E-state index in [1.807, 2.05) is 43.3 Å². The molecule has 1 aliphatic rings. The van der Waals surface area contributed by atoms with Crippen LogP contribution in [-0.4, -0.2) is 20.7 Å². The number of rotatable bonds is 4. The van der Waals surface area contributed by atoms with Crippen LogP contribution < -0.4 is 10.6 Å². The number of benzene rings is 3. The molecule has 5 rings (SSSR count). The maximum atomic E-state index is 12.7. The summed E-state index contributed by atoms with van der Waals surface area (Å²) in [5.41, 5.74) is 4.41. The van der Waals surface area contributed by atoms with Crippen molar-refractivity contribution in [1.29, 1.82) is 0 Å². The van der Waals surface area contributed by atoms with Crippen molar-refractivity contribution in [1.82, 2.24) is 14.8 Å². The summed E-state index contributed by atoms with van der Waals surface area (Å²) in [6.07, 6.45) is 2.05. The predicted octanol–water partition coefficient (Wildman–Crippen LogP) is 6.20. The van der Waals surface area contributed by atoms with E-state index in [2.05, 4.69) is 38.9 Å². The molecule has 0 saturated carbocycles. The Kier molecular flexibility index (Phi) is 5.62. The van der Waals surface area contributed by atoms with Gasteiger partial charge in [0.25, 0.3) is 11.9 Å². The Morgan fingerprint density at radius 3 is 2.45 bits per heavy atom. The number of fused-ring (bicyclic) bond motifs is 1. The molecule has 1 atom stereocenters. The van der Waals surface area contributed by atoms with Crippen LogP contribution in [0.5, 0.6) is 0 Å². The van der Waals surface area contributed by atoms with Gasteiger partial charge in [-0.25, -0.2) is 4.68 Å². The lowest BCUT2D eigenvalue weighted by Gasteiger charge is -2.25. The summed E-state index contributed by atoms with van der Waals surface area (Å²) in [4.78, 5) is 17.2. The SMILES string of the molecule is Cc1ccc(C2=C[C@@H](c3ccccc3Cl)n3nc(NC(=O)c4ccc(Cl)cc4)nc3N2)cc1. The van der Waals surface area contributed by atoms with Crippen molar-refractivity contribution in [2.24, 2.45) is 0 Å². The fourth-order valence-corrected chi connectivity index (χ4v) is 4.03. The van der Waals surface area contributed by atoms with Crippen LogP contribution in [0.15, 0.2) is 78.9 Å². The van der Waals surface area contributed by atoms with Gasteiger partial charge in [0, 0.05) is 21.3 Å². The highest BCUT2D eigenvalue weighted by molar-refractivity contribution is 6.31. The lowest BCUT2D eigenvalue weighted by atomic mass is 10.0. The smallest absolute Gasteiger partial charge is 0.258 e. The zero-order valence-corrected chi connectivity index (χ0v) is 19.1. The molecule has 6 nitrogen and oxygen atoms in total. The second-order valence-electron chi connectivity index (χ2n) is 7.70. The summed E-state index contributed by atoms with van der Waals surface area (Å²) in [5.74, 6) is 0.369. The van der Waals surface area contributed by atoms with Gasteiger partial charge in [-0.15, -0.1) is 5.10 Å². The highest BCUT2D eigenvalue weighted by Gasteiger charge is 2.27. The number of carbonyl (C=O) groups is 1. The van der Waals surface area contributed by atoms with Gasteiger partial charge < -0.3 is 5.32 Å². The second-order valence-corrected chi connectivity index (χ2v) is 8.55. The van der Waals surface area contributed by atoms with Gasteiger partial charge in [-0.3, -0.25) is 10.1 Å². The minimum Gasteiger partial charge on any atom is -0.324 e. The van der Waals surface area contributed by atoms with Crippen molar-refractivity contribution in [3.05, 3.63) is 111 Å². The number of aryl methyl sites for hydroxylation is 1. The highest BCUT2D eigenvalue weighted by atomic mass is 35.5. The van der Waals surface area contributed by atoms with Gasteiger partial charge in [-0.05, 0) is 54.5 Å². The van der Waals surface area contributed by atoms with Crippen LogP contribution in [0.4, 0.5) is 11.9 Å². The van der Waals surface area contributed by atoms with Crippen molar-refractivity contribution < 1.29 is 4.79 Å². The van der Waals surface area contributed by atoms with E-state index in [4.69, 9.17) is 23.2 Å². The van der Waals surface area contributed by atoms with Gasteiger partial charge in [-0.2, -0.15) is 4.98 Å². The Labute approximate surface area is 200 Å². The third-order valence-corrected chi connectivity index (χ3v) is 5.98. The van der Waals surface area contributed by atoms with Gasteiger partial charge >= 0.3 is 0 Å². The van der Waals surface area contributed by atoms with Crippen molar-refractivity contribution in [3.63, 3.8) is 0 Å². The number of carbonyl (C=O) groups excluding carboxylic acids is 1. The molecule has 0 unspecified atom stereocenters. The van der Waals surface area contributed by atoms with Crippen LogP contribution in [-0.2, 0) is 0 Å². The molecule has 0 spiro atoms. The van der Waals surface area contributed by atoms with Crippen molar-refractivity contribution in [3.8, 4) is 0 Å². The number of hydrogen-bond acceptors (Lipinski definition) is 4. The number of amides is 1. The monoisotopic (exact) mass is 475 g/mol. The number of allylic oxidation sites excluding steroid dienone is 1. The molecule has 164 valence electrons. The predicted molar refractivity (Wildman–Crippen MR) is 132 cm³/mol.